The Kier molecular flexibility index (Phi) is 6.17. The Labute approximate surface area is 150 Å². The van der Waals surface area contributed by atoms with Crippen LogP contribution in [-0.2, 0) is 21.3 Å². The summed E-state index contributed by atoms with van der Waals surface area (Å²) in [5.74, 6) is 0.429. The summed E-state index contributed by atoms with van der Waals surface area (Å²) in [5.41, 5.74) is -0.0377. The van der Waals surface area contributed by atoms with Crippen molar-refractivity contribution in [2.45, 2.75) is 18.4 Å². The number of halogens is 1. The predicted molar refractivity (Wildman–Crippen MR) is 91.0 cm³/mol. The third kappa shape index (κ3) is 4.37. The van der Waals surface area contributed by atoms with Crippen LogP contribution < -0.4 is 0 Å². The summed E-state index contributed by atoms with van der Waals surface area (Å²) in [6.45, 7) is 1.70. The van der Waals surface area contributed by atoms with Gasteiger partial charge in [-0.25, -0.2) is 8.42 Å². The molecule has 1 heterocycles. The minimum atomic E-state index is -4.10. The minimum Gasteiger partial charge on any atom is -0.468 e. The van der Waals surface area contributed by atoms with Crippen molar-refractivity contribution in [3.8, 4) is 0 Å². The second-order valence-electron chi connectivity index (χ2n) is 5.26. The van der Waals surface area contributed by atoms with Gasteiger partial charge in [-0.2, -0.15) is 4.31 Å². The number of sulfonamides is 1. The summed E-state index contributed by atoms with van der Waals surface area (Å²) in [5, 5.41) is 10.7. The molecule has 0 aliphatic heterocycles. The van der Waals surface area contributed by atoms with Crippen molar-refractivity contribution in [3.05, 3.63) is 57.0 Å². The van der Waals surface area contributed by atoms with E-state index < -0.39 is 25.7 Å². The lowest BCUT2D eigenvalue weighted by molar-refractivity contribution is -0.385. The summed E-state index contributed by atoms with van der Waals surface area (Å²) in [4.78, 5) is 10.1. The van der Waals surface area contributed by atoms with Crippen molar-refractivity contribution in [3.63, 3.8) is 0 Å². The summed E-state index contributed by atoms with van der Waals surface area (Å²) in [7, 11) is -2.66. The Morgan fingerprint density at radius 1 is 1.40 bits per heavy atom. The molecule has 0 bridgehead atoms. The maximum absolute atomic E-state index is 13.0. The molecular weight excluding hydrogens is 372 g/mol. The molecule has 0 amide bonds. The zero-order chi connectivity index (χ0) is 18.6. The maximum Gasteiger partial charge on any atom is 0.289 e. The quantitative estimate of drug-likeness (QED) is 0.508. The number of ether oxygens (including phenoxy) is 1. The van der Waals surface area contributed by atoms with Crippen molar-refractivity contribution < 1.29 is 22.5 Å². The van der Waals surface area contributed by atoms with Gasteiger partial charge in [-0.1, -0.05) is 11.6 Å². The van der Waals surface area contributed by atoms with E-state index in [9.17, 15) is 18.5 Å². The van der Waals surface area contributed by atoms with Crippen LogP contribution in [0, 0.1) is 17.0 Å². The van der Waals surface area contributed by atoms with Crippen LogP contribution in [0.25, 0.3) is 0 Å². The van der Waals surface area contributed by atoms with Gasteiger partial charge < -0.3 is 9.15 Å². The number of benzene rings is 1. The van der Waals surface area contributed by atoms with Gasteiger partial charge in [-0.05, 0) is 30.7 Å². The van der Waals surface area contributed by atoms with Crippen molar-refractivity contribution in [2.24, 2.45) is 0 Å². The molecule has 1 aromatic heterocycles. The van der Waals surface area contributed by atoms with E-state index in [1.165, 1.54) is 25.5 Å². The zero-order valence-electron chi connectivity index (χ0n) is 13.6. The van der Waals surface area contributed by atoms with E-state index in [2.05, 4.69) is 0 Å². The second-order valence-corrected chi connectivity index (χ2v) is 7.55. The van der Waals surface area contributed by atoms with Gasteiger partial charge in [0.05, 0.1) is 24.3 Å². The minimum absolute atomic E-state index is 0.0393. The monoisotopic (exact) mass is 388 g/mol. The standard InChI is InChI=1S/C15H17ClN2O6S/c1-11-8-13(18(19)20)15(16)14(9-11)25(21,22)17(5-7-23-2)10-12-4-3-6-24-12/h3-4,6,8-9H,5,7,10H2,1-2H3. The van der Waals surface area contributed by atoms with E-state index in [4.69, 9.17) is 20.8 Å². The largest absolute Gasteiger partial charge is 0.468 e. The van der Waals surface area contributed by atoms with Gasteiger partial charge in [0.25, 0.3) is 5.69 Å². The molecule has 0 saturated heterocycles. The van der Waals surface area contributed by atoms with Crippen LogP contribution in [-0.4, -0.2) is 37.9 Å². The van der Waals surface area contributed by atoms with Gasteiger partial charge in [0.15, 0.2) is 0 Å². The Hall–Kier alpha value is -1.94. The molecule has 0 aliphatic carbocycles. The summed E-state index contributed by atoms with van der Waals surface area (Å²) < 4.78 is 37.3. The zero-order valence-corrected chi connectivity index (χ0v) is 15.2. The number of aryl methyl sites for hydroxylation is 1. The molecule has 0 fully saturated rings. The summed E-state index contributed by atoms with van der Waals surface area (Å²) in [6.07, 6.45) is 1.43. The molecule has 10 heteroatoms. The predicted octanol–water partition coefficient (Wildman–Crippen LogP) is 2.99. The number of nitro groups is 1. The van der Waals surface area contributed by atoms with Crippen LogP contribution in [0.3, 0.4) is 0 Å². The van der Waals surface area contributed by atoms with E-state index in [-0.39, 0.29) is 24.6 Å². The number of methoxy groups -OCH3 is 1. The highest BCUT2D eigenvalue weighted by Gasteiger charge is 2.31. The molecule has 0 aliphatic rings. The Morgan fingerprint density at radius 3 is 2.68 bits per heavy atom. The van der Waals surface area contributed by atoms with Crippen LogP contribution >= 0.6 is 11.6 Å². The number of nitrogens with zero attached hydrogens (tertiary/aromatic N) is 2. The average molecular weight is 389 g/mol. The fourth-order valence-electron chi connectivity index (χ4n) is 2.23. The van der Waals surface area contributed by atoms with Crippen LogP contribution in [0.1, 0.15) is 11.3 Å². The highest BCUT2D eigenvalue weighted by atomic mass is 35.5. The van der Waals surface area contributed by atoms with Crippen LogP contribution in [0.2, 0.25) is 5.02 Å². The fourth-order valence-corrected chi connectivity index (χ4v) is 4.26. The van der Waals surface area contributed by atoms with Gasteiger partial charge in [0.1, 0.15) is 15.7 Å². The van der Waals surface area contributed by atoms with E-state index in [1.54, 1.807) is 19.1 Å². The molecule has 1 aromatic carbocycles. The van der Waals surface area contributed by atoms with Crippen molar-refractivity contribution in [2.75, 3.05) is 20.3 Å². The molecule has 136 valence electrons. The normalized spacial score (nSPS) is 11.8. The highest BCUT2D eigenvalue weighted by Crippen LogP contribution is 2.34. The number of hydrogen-bond donors (Lipinski definition) is 0. The van der Waals surface area contributed by atoms with E-state index >= 15 is 0 Å². The Morgan fingerprint density at radius 2 is 2.12 bits per heavy atom. The topological polar surface area (TPSA) is 103 Å². The molecular formula is C15H17ClN2O6S. The first-order valence-corrected chi connectivity index (χ1v) is 9.05. The van der Waals surface area contributed by atoms with Gasteiger partial charge in [-0.15, -0.1) is 0 Å². The molecule has 8 nitrogen and oxygen atoms in total. The molecule has 2 rings (SSSR count). The lowest BCUT2D eigenvalue weighted by Crippen LogP contribution is -2.33. The molecule has 0 atom stereocenters. The average Bonchev–Trinajstić information content (AvgIpc) is 3.05. The SMILES string of the molecule is COCCN(Cc1ccco1)S(=O)(=O)c1cc(C)cc([N+](=O)[O-])c1Cl. The molecule has 2 aromatic rings. The smallest absolute Gasteiger partial charge is 0.289 e. The first kappa shape index (κ1) is 19.4. The van der Waals surface area contributed by atoms with Gasteiger partial charge >= 0.3 is 0 Å². The molecule has 25 heavy (non-hydrogen) atoms. The number of furan rings is 1. The Balaban J connectivity index is 2.50. The third-order valence-electron chi connectivity index (χ3n) is 3.44. The van der Waals surface area contributed by atoms with Crippen molar-refractivity contribution >= 4 is 27.3 Å². The van der Waals surface area contributed by atoms with Crippen LogP contribution in [0.5, 0.6) is 0 Å². The molecule has 0 N–H and O–H groups in total. The molecule has 0 radical (unpaired) electrons. The maximum atomic E-state index is 13.0. The van der Waals surface area contributed by atoms with Gasteiger partial charge in [0.2, 0.25) is 10.0 Å². The second kappa shape index (κ2) is 7.96. The van der Waals surface area contributed by atoms with Crippen LogP contribution in [0.4, 0.5) is 5.69 Å². The lowest BCUT2D eigenvalue weighted by atomic mass is 10.2. The lowest BCUT2D eigenvalue weighted by Gasteiger charge is -2.21. The number of rotatable bonds is 8. The fraction of sp³-hybridized carbons (Fsp3) is 0.333. The number of hydrogen-bond acceptors (Lipinski definition) is 6. The van der Waals surface area contributed by atoms with Crippen LogP contribution in [0.15, 0.2) is 39.8 Å². The van der Waals surface area contributed by atoms with Gasteiger partial charge in [-0.3, -0.25) is 10.1 Å². The summed E-state index contributed by atoms with van der Waals surface area (Å²) in [6, 6.07) is 5.82. The van der Waals surface area contributed by atoms with Crippen molar-refractivity contribution in [1.29, 1.82) is 0 Å². The Bertz CT molecular complexity index is 851. The number of nitro benzene ring substituents is 1. The first-order valence-electron chi connectivity index (χ1n) is 7.23. The molecule has 0 unspecified atom stereocenters. The molecule has 0 saturated carbocycles. The van der Waals surface area contributed by atoms with E-state index in [0.29, 0.717) is 11.3 Å². The van der Waals surface area contributed by atoms with Gasteiger partial charge in [0, 0.05) is 19.7 Å². The summed E-state index contributed by atoms with van der Waals surface area (Å²) >= 11 is 6.02. The van der Waals surface area contributed by atoms with E-state index in [0.717, 1.165) is 4.31 Å². The molecule has 0 spiro atoms. The third-order valence-corrected chi connectivity index (χ3v) is 5.81. The van der Waals surface area contributed by atoms with Crippen molar-refractivity contribution in [1.82, 2.24) is 4.31 Å². The first-order chi connectivity index (χ1) is 11.8. The highest BCUT2D eigenvalue weighted by molar-refractivity contribution is 7.89. The van der Waals surface area contributed by atoms with E-state index in [1.807, 2.05) is 0 Å².